The maximum atomic E-state index is 13.6. The van der Waals surface area contributed by atoms with E-state index in [1.54, 1.807) is 6.07 Å². The molecule has 146 valence electrons. The van der Waals surface area contributed by atoms with Crippen molar-refractivity contribution in [2.75, 3.05) is 0 Å². The monoisotopic (exact) mass is 367 g/mol. The lowest BCUT2D eigenvalue weighted by Crippen LogP contribution is -2.25. The van der Waals surface area contributed by atoms with Crippen LogP contribution in [0.25, 0.3) is 0 Å². The zero-order valence-corrected chi connectivity index (χ0v) is 16.8. The molecule has 27 heavy (non-hydrogen) atoms. The van der Waals surface area contributed by atoms with Gasteiger partial charge in [0.1, 0.15) is 11.9 Å². The van der Waals surface area contributed by atoms with Crippen LogP contribution in [-0.2, 0) is 6.42 Å². The lowest BCUT2D eigenvalue weighted by molar-refractivity contribution is 0.145. The molecule has 0 amide bonds. The highest BCUT2D eigenvalue weighted by Crippen LogP contribution is 2.42. The van der Waals surface area contributed by atoms with E-state index in [2.05, 4.69) is 19.1 Å². The van der Waals surface area contributed by atoms with Gasteiger partial charge in [0.05, 0.1) is 5.56 Å². The van der Waals surface area contributed by atoms with Gasteiger partial charge in [-0.3, -0.25) is 0 Å². The minimum Gasteiger partial charge on any atom is -0.206 e. The number of nitrogens with zero attached hydrogens (tertiary/aromatic N) is 1. The molecule has 1 aromatic rings. The minimum atomic E-state index is -0.408. The van der Waals surface area contributed by atoms with Gasteiger partial charge >= 0.3 is 0 Å². The van der Waals surface area contributed by atoms with Crippen molar-refractivity contribution in [1.82, 2.24) is 0 Å². The van der Waals surface area contributed by atoms with Crippen LogP contribution < -0.4 is 0 Å². The second-order valence-electron chi connectivity index (χ2n) is 8.81. The quantitative estimate of drug-likeness (QED) is 0.487. The van der Waals surface area contributed by atoms with Gasteiger partial charge in [0.2, 0.25) is 0 Å². The second kappa shape index (κ2) is 10.1. The van der Waals surface area contributed by atoms with E-state index in [1.165, 1.54) is 63.9 Å². The molecule has 0 bridgehead atoms. The molecule has 0 saturated heterocycles. The van der Waals surface area contributed by atoms with Crippen LogP contribution in [-0.4, -0.2) is 0 Å². The maximum absolute atomic E-state index is 13.6. The molecule has 2 aliphatic rings. The molecule has 0 heterocycles. The van der Waals surface area contributed by atoms with Crippen LogP contribution in [0.5, 0.6) is 0 Å². The second-order valence-corrected chi connectivity index (χ2v) is 8.81. The number of allylic oxidation sites excluding steroid dienone is 2. The Kier molecular flexibility index (Phi) is 7.50. The SMILES string of the molecule is CCC1CCC(C2CCC(CC=CCc3ccc(C#N)c(F)c3)CC2)CC1. The number of halogens is 1. The van der Waals surface area contributed by atoms with Crippen molar-refractivity contribution < 1.29 is 4.39 Å². The predicted octanol–water partition coefficient (Wildman–Crippen LogP) is 7.21. The molecule has 0 radical (unpaired) electrons. The van der Waals surface area contributed by atoms with E-state index in [0.717, 1.165) is 42.1 Å². The van der Waals surface area contributed by atoms with Gasteiger partial charge in [0.25, 0.3) is 0 Å². The first-order chi connectivity index (χ1) is 13.2. The standard InChI is InChI=1S/C25H34FN/c1-2-19-7-12-22(13-8-19)23-14-9-20(10-15-23)5-3-4-6-21-11-16-24(18-27)25(26)17-21/h3-4,11,16-17,19-20,22-23H,2,5-10,12-15H2,1H3. The summed E-state index contributed by atoms with van der Waals surface area (Å²) in [5, 5.41) is 8.79. The Bertz CT molecular complexity index is 655. The van der Waals surface area contributed by atoms with Gasteiger partial charge in [0.15, 0.2) is 0 Å². The Hall–Kier alpha value is -1.62. The van der Waals surface area contributed by atoms with E-state index in [9.17, 15) is 4.39 Å². The van der Waals surface area contributed by atoms with E-state index < -0.39 is 5.82 Å². The molecule has 0 spiro atoms. The average Bonchev–Trinajstić information content (AvgIpc) is 2.72. The van der Waals surface area contributed by atoms with Crippen LogP contribution in [0.4, 0.5) is 4.39 Å². The van der Waals surface area contributed by atoms with Gasteiger partial charge in [-0.1, -0.05) is 44.4 Å². The molecule has 2 fully saturated rings. The van der Waals surface area contributed by atoms with Crippen molar-refractivity contribution in [1.29, 1.82) is 5.26 Å². The molecule has 0 aliphatic heterocycles. The topological polar surface area (TPSA) is 23.8 Å². The molecule has 0 N–H and O–H groups in total. The summed E-state index contributed by atoms with van der Waals surface area (Å²) in [4.78, 5) is 0. The zero-order valence-electron chi connectivity index (χ0n) is 16.8. The Balaban J connectivity index is 1.36. The molecule has 1 aromatic carbocycles. The lowest BCUT2D eigenvalue weighted by atomic mass is 9.68. The van der Waals surface area contributed by atoms with E-state index in [1.807, 2.05) is 12.1 Å². The van der Waals surface area contributed by atoms with E-state index in [0.29, 0.717) is 0 Å². The first-order valence-corrected chi connectivity index (χ1v) is 11.0. The normalized spacial score (nSPS) is 28.9. The average molecular weight is 368 g/mol. The Labute approximate surface area is 164 Å². The van der Waals surface area contributed by atoms with Gasteiger partial charge in [0, 0.05) is 0 Å². The molecule has 0 aromatic heterocycles. The molecular formula is C25H34FN. The molecular weight excluding hydrogens is 333 g/mol. The lowest BCUT2D eigenvalue weighted by Gasteiger charge is -2.37. The van der Waals surface area contributed by atoms with Crippen molar-refractivity contribution in [2.24, 2.45) is 23.7 Å². The molecule has 2 heteroatoms. The minimum absolute atomic E-state index is 0.127. The fourth-order valence-corrected chi connectivity index (χ4v) is 5.25. The Morgan fingerprint density at radius 3 is 2.15 bits per heavy atom. The highest BCUT2D eigenvalue weighted by molar-refractivity contribution is 5.34. The third kappa shape index (κ3) is 5.68. The number of hydrogen-bond acceptors (Lipinski definition) is 1. The van der Waals surface area contributed by atoms with Crippen LogP contribution >= 0.6 is 0 Å². The summed E-state index contributed by atoms with van der Waals surface area (Å²) < 4.78 is 13.6. The van der Waals surface area contributed by atoms with Gasteiger partial charge < -0.3 is 0 Å². The highest BCUT2D eigenvalue weighted by atomic mass is 19.1. The van der Waals surface area contributed by atoms with E-state index in [-0.39, 0.29) is 5.56 Å². The first kappa shape index (κ1) is 20.1. The van der Waals surface area contributed by atoms with Crippen molar-refractivity contribution in [3.8, 4) is 6.07 Å². The van der Waals surface area contributed by atoms with Crippen molar-refractivity contribution >= 4 is 0 Å². The number of rotatable bonds is 6. The third-order valence-electron chi connectivity index (χ3n) is 7.17. The predicted molar refractivity (Wildman–Crippen MR) is 110 cm³/mol. The Morgan fingerprint density at radius 2 is 1.59 bits per heavy atom. The summed E-state index contributed by atoms with van der Waals surface area (Å²) in [5.74, 6) is 3.43. The fraction of sp³-hybridized carbons (Fsp3) is 0.640. The zero-order chi connectivity index (χ0) is 19.1. The largest absolute Gasteiger partial charge is 0.206 e. The maximum Gasteiger partial charge on any atom is 0.141 e. The van der Waals surface area contributed by atoms with E-state index >= 15 is 0 Å². The van der Waals surface area contributed by atoms with E-state index in [4.69, 9.17) is 5.26 Å². The molecule has 2 saturated carbocycles. The van der Waals surface area contributed by atoms with Gasteiger partial charge in [-0.05, 0) is 92.7 Å². The van der Waals surface area contributed by atoms with Crippen molar-refractivity contribution in [3.05, 3.63) is 47.3 Å². The number of hydrogen-bond donors (Lipinski definition) is 0. The van der Waals surface area contributed by atoms with Gasteiger partial charge in [-0.15, -0.1) is 0 Å². The summed E-state index contributed by atoms with van der Waals surface area (Å²) in [6, 6.07) is 6.79. The van der Waals surface area contributed by atoms with Gasteiger partial charge in [-0.2, -0.15) is 5.26 Å². The summed E-state index contributed by atoms with van der Waals surface area (Å²) in [6.45, 7) is 2.35. The Morgan fingerprint density at radius 1 is 0.963 bits per heavy atom. The van der Waals surface area contributed by atoms with Gasteiger partial charge in [-0.25, -0.2) is 4.39 Å². The van der Waals surface area contributed by atoms with Crippen molar-refractivity contribution in [2.45, 2.75) is 77.6 Å². The third-order valence-corrected chi connectivity index (χ3v) is 7.17. The first-order valence-electron chi connectivity index (χ1n) is 11.0. The van der Waals surface area contributed by atoms with Crippen LogP contribution in [0.15, 0.2) is 30.4 Å². The fourth-order valence-electron chi connectivity index (χ4n) is 5.25. The molecule has 0 atom stereocenters. The number of nitriles is 1. The molecule has 0 unspecified atom stereocenters. The molecule has 2 aliphatic carbocycles. The summed E-state index contributed by atoms with van der Waals surface area (Å²) in [6.07, 6.45) is 19.3. The van der Waals surface area contributed by atoms with Crippen molar-refractivity contribution in [3.63, 3.8) is 0 Å². The molecule has 3 rings (SSSR count). The molecule has 1 nitrogen and oxygen atoms in total. The van der Waals surface area contributed by atoms with Crippen LogP contribution in [0.1, 0.15) is 82.3 Å². The summed E-state index contributed by atoms with van der Waals surface area (Å²) in [5.41, 5.74) is 1.07. The summed E-state index contributed by atoms with van der Waals surface area (Å²) in [7, 11) is 0. The highest BCUT2D eigenvalue weighted by Gasteiger charge is 2.30. The van der Waals surface area contributed by atoms with Crippen LogP contribution in [0.2, 0.25) is 0 Å². The van der Waals surface area contributed by atoms with Crippen LogP contribution in [0.3, 0.4) is 0 Å². The van der Waals surface area contributed by atoms with Crippen LogP contribution in [0, 0.1) is 40.8 Å². The summed E-state index contributed by atoms with van der Waals surface area (Å²) >= 11 is 0. The smallest absolute Gasteiger partial charge is 0.141 e. The number of benzene rings is 1.